The molecule has 0 bridgehead atoms. The van der Waals surface area contributed by atoms with Gasteiger partial charge in [0.25, 0.3) is 11.6 Å². The van der Waals surface area contributed by atoms with Gasteiger partial charge in [-0.2, -0.15) is 0 Å². The lowest BCUT2D eigenvalue weighted by molar-refractivity contribution is -0.131. The average molecular weight is 370 g/mol. The van der Waals surface area contributed by atoms with E-state index in [4.69, 9.17) is 9.26 Å². The van der Waals surface area contributed by atoms with E-state index in [0.717, 1.165) is 35.9 Å². The predicted molar refractivity (Wildman–Crippen MR) is 95.4 cm³/mol. The van der Waals surface area contributed by atoms with Crippen molar-refractivity contribution >= 4 is 22.9 Å². The summed E-state index contributed by atoms with van der Waals surface area (Å²) in [6.07, 6.45) is 2.96. The van der Waals surface area contributed by atoms with Crippen LogP contribution in [0, 0.1) is 6.92 Å². The number of amides is 2. The van der Waals surface area contributed by atoms with Gasteiger partial charge in [0.05, 0.1) is 41.8 Å². The fraction of sp³-hybridized carbons (Fsp3) is 0.579. The molecule has 0 saturated carbocycles. The van der Waals surface area contributed by atoms with Gasteiger partial charge in [-0.25, -0.2) is 4.98 Å². The molecule has 8 nitrogen and oxygen atoms in total. The summed E-state index contributed by atoms with van der Waals surface area (Å²) in [7, 11) is 1.80. The molecule has 2 amide bonds. The molecule has 2 aliphatic heterocycles. The summed E-state index contributed by atoms with van der Waals surface area (Å²) in [5, 5.41) is 4.75. The first-order valence-electron chi connectivity index (χ1n) is 9.49. The van der Waals surface area contributed by atoms with E-state index < -0.39 is 0 Å². The lowest BCUT2D eigenvalue weighted by atomic mass is 10.0. The van der Waals surface area contributed by atoms with Gasteiger partial charge in [0.15, 0.2) is 0 Å². The fourth-order valence-electron chi connectivity index (χ4n) is 4.63. The van der Waals surface area contributed by atoms with E-state index in [1.54, 1.807) is 11.9 Å². The topological polar surface area (TPSA) is 88.8 Å². The second-order valence-electron chi connectivity index (χ2n) is 7.66. The minimum atomic E-state index is -0.139. The van der Waals surface area contributed by atoms with Gasteiger partial charge < -0.3 is 19.1 Å². The fourth-order valence-corrected chi connectivity index (χ4v) is 4.63. The van der Waals surface area contributed by atoms with Crippen molar-refractivity contribution in [3.05, 3.63) is 22.5 Å². The molecule has 2 fully saturated rings. The average Bonchev–Trinajstić information content (AvgIpc) is 3.36. The Balaban J connectivity index is 1.54. The third kappa shape index (κ3) is 2.46. The molecule has 0 N–H and O–H groups in total. The van der Waals surface area contributed by atoms with Crippen LogP contribution >= 0.6 is 0 Å². The zero-order valence-electron chi connectivity index (χ0n) is 15.5. The van der Waals surface area contributed by atoms with Crippen LogP contribution in [-0.2, 0) is 22.4 Å². The van der Waals surface area contributed by atoms with Crippen LogP contribution in [0.3, 0.4) is 0 Å². The summed E-state index contributed by atoms with van der Waals surface area (Å²) >= 11 is 0. The number of carbonyl (C=O) groups excluding carboxylic acids is 2. The summed E-state index contributed by atoms with van der Waals surface area (Å²) in [6, 6.07) is -0.0992. The summed E-state index contributed by atoms with van der Waals surface area (Å²) in [4.78, 5) is 33.8. The monoisotopic (exact) mass is 370 g/mol. The standard InChI is InChI=1S/C19H22N4O4/c1-10-16-17(11-4-3-5-12(11)20-18(16)27-21-10)19(25)23-8-13-14(9-23)26-7-6-15(24)22(13)2/h13-14H,3-9H2,1-2H3/t13-,14-/m0/s1. The van der Waals surface area contributed by atoms with Gasteiger partial charge in [-0.05, 0) is 31.7 Å². The molecule has 8 heteroatoms. The van der Waals surface area contributed by atoms with Crippen molar-refractivity contribution in [1.82, 2.24) is 19.9 Å². The Morgan fingerprint density at radius 1 is 1.22 bits per heavy atom. The SMILES string of the molecule is Cc1noc2nc3c(c(C(=O)N4C[C@@H]5OCCC(=O)N(C)[C@H]5C4)c12)CCC3. The van der Waals surface area contributed by atoms with Crippen LogP contribution in [0.15, 0.2) is 4.52 Å². The van der Waals surface area contributed by atoms with Crippen LogP contribution in [0.25, 0.3) is 11.1 Å². The van der Waals surface area contributed by atoms with Crippen molar-refractivity contribution in [3.63, 3.8) is 0 Å². The van der Waals surface area contributed by atoms with Crippen molar-refractivity contribution in [1.29, 1.82) is 0 Å². The zero-order valence-corrected chi connectivity index (χ0v) is 15.5. The van der Waals surface area contributed by atoms with Crippen LogP contribution in [0.2, 0.25) is 0 Å². The van der Waals surface area contributed by atoms with Gasteiger partial charge in [0, 0.05) is 25.8 Å². The Bertz CT molecular complexity index is 953. The maximum atomic E-state index is 13.6. The quantitative estimate of drug-likeness (QED) is 0.747. The largest absolute Gasteiger partial charge is 0.374 e. The molecule has 5 rings (SSSR count). The Hall–Kier alpha value is -2.48. The smallest absolute Gasteiger partial charge is 0.259 e. The molecule has 0 aromatic carbocycles. The Morgan fingerprint density at radius 2 is 2.07 bits per heavy atom. The zero-order chi connectivity index (χ0) is 18.7. The van der Waals surface area contributed by atoms with Crippen molar-refractivity contribution in [2.24, 2.45) is 0 Å². The molecule has 2 aromatic rings. The normalized spacial score (nSPS) is 25.0. The highest BCUT2D eigenvalue weighted by Crippen LogP contribution is 2.34. The van der Waals surface area contributed by atoms with Crippen molar-refractivity contribution < 1.29 is 18.8 Å². The molecule has 0 spiro atoms. The van der Waals surface area contributed by atoms with E-state index in [-0.39, 0.29) is 24.0 Å². The molecule has 3 aliphatic rings. The van der Waals surface area contributed by atoms with E-state index in [9.17, 15) is 9.59 Å². The van der Waals surface area contributed by atoms with E-state index in [0.29, 0.717) is 43.1 Å². The van der Waals surface area contributed by atoms with E-state index >= 15 is 0 Å². The maximum absolute atomic E-state index is 13.6. The minimum Gasteiger partial charge on any atom is -0.374 e. The molecule has 27 heavy (non-hydrogen) atoms. The maximum Gasteiger partial charge on any atom is 0.259 e. The molecule has 1 aliphatic carbocycles. The number of aromatic nitrogens is 2. The summed E-state index contributed by atoms with van der Waals surface area (Å²) < 4.78 is 11.2. The van der Waals surface area contributed by atoms with Crippen molar-refractivity contribution in [2.45, 2.75) is 44.8 Å². The van der Waals surface area contributed by atoms with Crippen LogP contribution in [0.5, 0.6) is 0 Å². The van der Waals surface area contributed by atoms with Gasteiger partial charge in [-0.1, -0.05) is 5.16 Å². The molecular formula is C19H22N4O4. The van der Waals surface area contributed by atoms with Crippen LogP contribution in [0.1, 0.15) is 40.2 Å². The van der Waals surface area contributed by atoms with Crippen LogP contribution < -0.4 is 0 Å². The first-order valence-corrected chi connectivity index (χ1v) is 9.49. The Kier molecular flexibility index (Phi) is 3.72. The van der Waals surface area contributed by atoms with Crippen LogP contribution in [-0.4, -0.2) is 70.6 Å². The number of aryl methyl sites for hydroxylation is 2. The minimum absolute atomic E-state index is 0.0376. The lowest BCUT2D eigenvalue weighted by Crippen LogP contribution is -2.43. The Morgan fingerprint density at radius 3 is 2.93 bits per heavy atom. The molecule has 0 radical (unpaired) electrons. The first kappa shape index (κ1) is 16.7. The summed E-state index contributed by atoms with van der Waals surface area (Å²) in [5.74, 6) is 0.0308. The molecule has 2 saturated heterocycles. The number of pyridine rings is 1. The second kappa shape index (κ2) is 6.02. The molecule has 0 unspecified atom stereocenters. The number of carbonyl (C=O) groups is 2. The van der Waals surface area contributed by atoms with Gasteiger partial charge >= 0.3 is 0 Å². The second-order valence-corrected chi connectivity index (χ2v) is 7.66. The van der Waals surface area contributed by atoms with Gasteiger partial charge in [-0.15, -0.1) is 0 Å². The molecular weight excluding hydrogens is 348 g/mol. The van der Waals surface area contributed by atoms with Gasteiger partial charge in [-0.3, -0.25) is 9.59 Å². The highest BCUT2D eigenvalue weighted by molar-refractivity contribution is 6.07. The molecule has 2 atom stereocenters. The summed E-state index contributed by atoms with van der Waals surface area (Å²) in [5.41, 5.74) is 3.77. The number of likely N-dealkylation sites (tertiary alicyclic amines) is 1. The highest BCUT2D eigenvalue weighted by atomic mass is 16.5. The van der Waals surface area contributed by atoms with Crippen molar-refractivity contribution in [2.75, 3.05) is 26.7 Å². The number of hydrogen-bond acceptors (Lipinski definition) is 6. The third-order valence-electron chi connectivity index (χ3n) is 6.10. The molecule has 2 aromatic heterocycles. The number of rotatable bonds is 1. The number of nitrogens with zero attached hydrogens (tertiary/aromatic N) is 4. The van der Waals surface area contributed by atoms with E-state index in [2.05, 4.69) is 10.1 Å². The van der Waals surface area contributed by atoms with Gasteiger partial charge in [0.1, 0.15) is 0 Å². The molecule has 142 valence electrons. The van der Waals surface area contributed by atoms with E-state index in [1.165, 1.54) is 0 Å². The first-order chi connectivity index (χ1) is 13.0. The number of ether oxygens (including phenoxy) is 1. The lowest BCUT2D eigenvalue weighted by Gasteiger charge is -2.25. The third-order valence-corrected chi connectivity index (χ3v) is 6.10. The number of likely N-dealkylation sites (N-methyl/N-ethyl adjacent to an activating group) is 1. The van der Waals surface area contributed by atoms with Crippen LogP contribution in [0.4, 0.5) is 0 Å². The Labute approximate surface area is 156 Å². The highest BCUT2D eigenvalue weighted by Gasteiger charge is 2.43. The van der Waals surface area contributed by atoms with Gasteiger partial charge in [0.2, 0.25) is 5.91 Å². The predicted octanol–water partition coefficient (Wildman–Crippen LogP) is 1.09. The van der Waals surface area contributed by atoms with Crippen molar-refractivity contribution in [3.8, 4) is 0 Å². The number of hydrogen-bond donors (Lipinski definition) is 0. The molecule has 4 heterocycles. The summed E-state index contributed by atoms with van der Waals surface area (Å²) in [6.45, 7) is 3.22. The van der Waals surface area contributed by atoms with E-state index in [1.807, 2.05) is 11.8 Å². The number of fused-ring (bicyclic) bond motifs is 3.